The molecule has 0 atom stereocenters. The van der Waals surface area contributed by atoms with E-state index >= 15 is 0 Å². The van der Waals surface area contributed by atoms with Crippen molar-refractivity contribution in [1.82, 2.24) is 9.73 Å². The zero-order valence-electron chi connectivity index (χ0n) is 16.6. The molecular formula is C22H18Cl3N3O3S. The van der Waals surface area contributed by atoms with E-state index in [9.17, 15) is 13.2 Å². The van der Waals surface area contributed by atoms with Gasteiger partial charge in [-0.2, -0.15) is 9.41 Å². The standard InChI is InChI=1S/C22H18Cl3N3O3S/c23-17-9-11-18(12-10-17)32(30,31)28(14-16-5-2-1-3-6-16)15-22(29)27-26-13-19-20(24)7-4-8-21(19)25/h1-13H,14-15H2,(H,27,29)/b26-13-. The van der Waals surface area contributed by atoms with Crippen molar-refractivity contribution >= 4 is 56.9 Å². The number of rotatable bonds is 8. The molecule has 3 aromatic rings. The fourth-order valence-electron chi connectivity index (χ4n) is 2.77. The number of nitrogens with zero attached hydrogens (tertiary/aromatic N) is 2. The van der Waals surface area contributed by atoms with E-state index in [1.165, 1.54) is 30.5 Å². The molecule has 0 saturated carbocycles. The molecule has 0 unspecified atom stereocenters. The molecule has 3 rings (SSSR count). The van der Waals surface area contributed by atoms with Crippen LogP contribution in [0.4, 0.5) is 0 Å². The van der Waals surface area contributed by atoms with Crippen LogP contribution in [0.2, 0.25) is 15.1 Å². The second-order valence-electron chi connectivity index (χ2n) is 6.64. The molecular weight excluding hydrogens is 493 g/mol. The van der Waals surface area contributed by atoms with Crippen LogP contribution in [0.25, 0.3) is 0 Å². The quantitative estimate of drug-likeness (QED) is 0.343. The number of benzene rings is 3. The minimum Gasteiger partial charge on any atom is -0.272 e. The molecule has 6 nitrogen and oxygen atoms in total. The molecule has 0 fully saturated rings. The zero-order chi connectivity index (χ0) is 23.1. The van der Waals surface area contributed by atoms with Gasteiger partial charge in [0.15, 0.2) is 0 Å². The van der Waals surface area contributed by atoms with Gasteiger partial charge in [-0.15, -0.1) is 0 Å². The van der Waals surface area contributed by atoms with Crippen LogP contribution in [0.1, 0.15) is 11.1 Å². The van der Waals surface area contributed by atoms with Crippen LogP contribution < -0.4 is 5.43 Å². The number of hydrazone groups is 1. The van der Waals surface area contributed by atoms with Gasteiger partial charge in [-0.1, -0.05) is 71.2 Å². The van der Waals surface area contributed by atoms with Crippen LogP contribution >= 0.6 is 34.8 Å². The van der Waals surface area contributed by atoms with Crippen molar-refractivity contribution in [3.05, 3.63) is 99.0 Å². The second-order valence-corrected chi connectivity index (χ2v) is 9.83. The Labute approximate surface area is 201 Å². The first-order chi connectivity index (χ1) is 15.3. The zero-order valence-corrected chi connectivity index (χ0v) is 19.7. The summed E-state index contributed by atoms with van der Waals surface area (Å²) in [5.74, 6) is -0.627. The van der Waals surface area contributed by atoms with Gasteiger partial charge in [0.05, 0.1) is 27.7 Å². The highest BCUT2D eigenvalue weighted by molar-refractivity contribution is 7.89. The van der Waals surface area contributed by atoms with E-state index in [1.54, 1.807) is 42.5 Å². The van der Waals surface area contributed by atoms with Crippen molar-refractivity contribution < 1.29 is 13.2 Å². The maximum Gasteiger partial charge on any atom is 0.255 e. The monoisotopic (exact) mass is 509 g/mol. The number of carbonyl (C=O) groups excluding carboxylic acids is 1. The van der Waals surface area contributed by atoms with E-state index in [1.807, 2.05) is 6.07 Å². The van der Waals surface area contributed by atoms with E-state index in [0.29, 0.717) is 20.6 Å². The third-order valence-corrected chi connectivity index (χ3v) is 7.07. The van der Waals surface area contributed by atoms with Crippen molar-refractivity contribution in [1.29, 1.82) is 0 Å². The molecule has 1 N–H and O–H groups in total. The summed E-state index contributed by atoms with van der Waals surface area (Å²) in [6.07, 6.45) is 1.30. The predicted molar refractivity (Wildman–Crippen MR) is 128 cm³/mol. The van der Waals surface area contributed by atoms with Gasteiger partial charge >= 0.3 is 0 Å². The van der Waals surface area contributed by atoms with E-state index in [4.69, 9.17) is 34.8 Å². The number of nitrogens with one attached hydrogen (secondary N) is 1. The summed E-state index contributed by atoms with van der Waals surface area (Å²) in [5.41, 5.74) is 3.48. The number of amides is 1. The maximum atomic E-state index is 13.2. The molecule has 0 heterocycles. The first-order valence-corrected chi connectivity index (χ1v) is 11.9. The van der Waals surface area contributed by atoms with Crippen molar-refractivity contribution in [2.24, 2.45) is 5.10 Å². The topological polar surface area (TPSA) is 78.8 Å². The minimum atomic E-state index is -3.98. The van der Waals surface area contributed by atoms with Crippen LogP contribution in [0.5, 0.6) is 0 Å². The predicted octanol–water partition coefficient (Wildman–Crippen LogP) is 4.99. The number of hydrogen-bond donors (Lipinski definition) is 1. The Balaban J connectivity index is 1.79. The molecule has 0 radical (unpaired) electrons. The lowest BCUT2D eigenvalue weighted by atomic mass is 10.2. The average Bonchev–Trinajstić information content (AvgIpc) is 2.76. The van der Waals surface area contributed by atoms with Crippen LogP contribution in [0.3, 0.4) is 0 Å². The van der Waals surface area contributed by atoms with Crippen LogP contribution in [0, 0.1) is 0 Å². The number of sulfonamides is 1. The van der Waals surface area contributed by atoms with Crippen molar-refractivity contribution in [2.75, 3.05) is 6.54 Å². The summed E-state index contributed by atoms with van der Waals surface area (Å²) in [5, 5.41) is 5.00. The Hall–Kier alpha value is -2.42. The fourth-order valence-corrected chi connectivity index (χ4v) is 4.77. The highest BCUT2D eigenvalue weighted by Gasteiger charge is 2.27. The second kappa shape index (κ2) is 10.9. The van der Waals surface area contributed by atoms with E-state index in [2.05, 4.69) is 10.5 Å². The SMILES string of the molecule is O=C(CN(Cc1ccccc1)S(=O)(=O)c1ccc(Cl)cc1)N/N=C\c1c(Cl)cccc1Cl. The summed E-state index contributed by atoms with van der Waals surface area (Å²) in [6, 6.07) is 19.7. The lowest BCUT2D eigenvalue weighted by molar-refractivity contribution is -0.121. The van der Waals surface area contributed by atoms with E-state index in [0.717, 1.165) is 9.87 Å². The molecule has 166 valence electrons. The molecule has 0 aliphatic carbocycles. The molecule has 1 amide bonds. The van der Waals surface area contributed by atoms with Gasteiger partial charge in [0.2, 0.25) is 10.0 Å². The third-order valence-electron chi connectivity index (χ3n) is 4.36. The Morgan fingerprint density at radius 2 is 1.53 bits per heavy atom. The molecule has 0 aromatic heterocycles. The number of carbonyl (C=O) groups is 1. The average molecular weight is 511 g/mol. The Kier molecular flexibility index (Phi) is 8.28. The van der Waals surface area contributed by atoms with Crippen molar-refractivity contribution in [3.63, 3.8) is 0 Å². The van der Waals surface area contributed by atoms with E-state index < -0.39 is 22.5 Å². The van der Waals surface area contributed by atoms with Gasteiger partial charge in [-0.25, -0.2) is 13.8 Å². The fraction of sp³-hybridized carbons (Fsp3) is 0.0909. The Bertz CT molecular complexity index is 1200. The number of hydrogen-bond acceptors (Lipinski definition) is 4. The lowest BCUT2D eigenvalue weighted by Gasteiger charge is -2.21. The molecule has 0 saturated heterocycles. The van der Waals surface area contributed by atoms with Crippen LogP contribution in [0.15, 0.2) is 82.8 Å². The third kappa shape index (κ3) is 6.31. The van der Waals surface area contributed by atoms with Gasteiger partial charge in [-0.05, 0) is 42.0 Å². The van der Waals surface area contributed by atoms with Crippen LogP contribution in [-0.4, -0.2) is 31.4 Å². The molecule has 3 aromatic carbocycles. The molecule has 0 bridgehead atoms. The molecule has 0 aliphatic rings. The first kappa shape index (κ1) is 24.2. The smallest absolute Gasteiger partial charge is 0.255 e. The highest BCUT2D eigenvalue weighted by Crippen LogP contribution is 2.22. The van der Waals surface area contributed by atoms with Gasteiger partial charge in [-0.3, -0.25) is 4.79 Å². The summed E-state index contributed by atoms with van der Waals surface area (Å²) < 4.78 is 27.5. The Morgan fingerprint density at radius 3 is 2.16 bits per heavy atom. The number of halogens is 3. The highest BCUT2D eigenvalue weighted by atomic mass is 35.5. The summed E-state index contributed by atoms with van der Waals surface area (Å²) >= 11 is 18.0. The summed E-state index contributed by atoms with van der Waals surface area (Å²) in [4.78, 5) is 12.5. The summed E-state index contributed by atoms with van der Waals surface area (Å²) in [6.45, 7) is -0.452. The van der Waals surface area contributed by atoms with Gasteiger partial charge in [0, 0.05) is 17.1 Å². The minimum absolute atomic E-state index is 0.000719. The maximum absolute atomic E-state index is 13.2. The molecule has 10 heteroatoms. The van der Waals surface area contributed by atoms with Gasteiger partial charge in [0.25, 0.3) is 5.91 Å². The van der Waals surface area contributed by atoms with Gasteiger partial charge in [0.1, 0.15) is 0 Å². The van der Waals surface area contributed by atoms with Crippen LogP contribution in [-0.2, 0) is 21.4 Å². The van der Waals surface area contributed by atoms with Gasteiger partial charge < -0.3 is 0 Å². The summed E-state index contributed by atoms with van der Waals surface area (Å²) in [7, 11) is -3.98. The molecule has 0 aliphatic heterocycles. The Morgan fingerprint density at radius 1 is 0.906 bits per heavy atom. The van der Waals surface area contributed by atoms with Crippen molar-refractivity contribution in [3.8, 4) is 0 Å². The van der Waals surface area contributed by atoms with Crippen molar-refractivity contribution in [2.45, 2.75) is 11.4 Å². The largest absolute Gasteiger partial charge is 0.272 e. The lowest BCUT2D eigenvalue weighted by Crippen LogP contribution is -2.39. The molecule has 32 heavy (non-hydrogen) atoms. The molecule has 0 spiro atoms. The van der Waals surface area contributed by atoms with E-state index in [-0.39, 0.29) is 11.4 Å². The first-order valence-electron chi connectivity index (χ1n) is 9.33. The normalized spacial score (nSPS) is 11.8.